The number of nitrogens with zero attached hydrogens (tertiary/aromatic N) is 3. The van der Waals surface area contributed by atoms with Crippen LogP contribution in [0.5, 0.6) is 11.5 Å². The first-order valence-electron chi connectivity index (χ1n) is 10.8. The van der Waals surface area contributed by atoms with Crippen molar-refractivity contribution in [1.82, 2.24) is 19.9 Å². The molecule has 36 heavy (non-hydrogen) atoms. The number of carbonyl (C=O) groups excluding carboxylic acids is 2. The number of anilines is 1. The Bertz CT molecular complexity index is 1450. The quantitative estimate of drug-likeness (QED) is 0.343. The van der Waals surface area contributed by atoms with Crippen LogP contribution in [0.15, 0.2) is 60.8 Å². The topological polar surface area (TPSA) is 144 Å². The van der Waals surface area contributed by atoms with Gasteiger partial charge in [-0.1, -0.05) is 0 Å². The molecule has 0 aliphatic carbocycles. The predicted octanol–water partition coefficient (Wildman–Crippen LogP) is 2.87. The van der Waals surface area contributed by atoms with E-state index in [2.05, 4.69) is 20.7 Å². The van der Waals surface area contributed by atoms with Crippen LogP contribution in [-0.2, 0) is 4.79 Å². The Hall–Kier alpha value is -4.93. The molecule has 0 radical (unpaired) electrons. The van der Waals surface area contributed by atoms with Crippen LogP contribution >= 0.6 is 0 Å². The molecule has 0 saturated carbocycles. The molecule has 2 amide bonds. The Morgan fingerprint density at radius 1 is 0.944 bits per heavy atom. The third-order valence-electron chi connectivity index (χ3n) is 5.39. The van der Waals surface area contributed by atoms with Crippen LogP contribution in [0, 0.1) is 0 Å². The van der Waals surface area contributed by atoms with Crippen LogP contribution in [0.2, 0.25) is 0 Å². The average Bonchev–Trinajstić information content (AvgIpc) is 3.33. The molecule has 11 heteroatoms. The summed E-state index contributed by atoms with van der Waals surface area (Å²) in [5, 5.41) is 18.5. The monoisotopic (exact) mass is 489 g/mol. The molecule has 2 aromatic heterocycles. The molecule has 1 atom stereocenters. The number of amides is 2. The summed E-state index contributed by atoms with van der Waals surface area (Å²) in [5.41, 5.74) is 2.82. The summed E-state index contributed by atoms with van der Waals surface area (Å²) in [6.45, 7) is 1.37. The second kappa shape index (κ2) is 10.1. The lowest BCUT2D eigenvalue weighted by Crippen LogP contribution is -2.38. The smallest absolute Gasteiger partial charge is 0.325 e. The number of aromatic nitrogens is 3. The summed E-state index contributed by atoms with van der Waals surface area (Å²) in [4.78, 5) is 40.2. The molecule has 11 nitrogen and oxygen atoms in total. The zero-order chi connectivity index (χ0) is 25.8. The van der Waals surface area contributed by atoms with Crippen molar-refractivity contribution in [3.05, 3.63) is 72.1 Å². The lowest BCUT2D eigenvalue weighted by molar-refractivity contribution is -0.138. The number of hydrogen-bond donors (Lipinski definition) is 3. The first kappa shape index (κ1) is 24.2. The SMILES string of the molecule is COc1ccc(-c2ccnc3cc(C(=O)Nc4ccc(C(=O)N[C@@H](C)C(=O)O)cc4)nn23)cc1OC. The number of ether oxygens (including phenoxy) is 2. The van der Waals surface area contributed by atoms with Gasteiger partial charge >= 0.3 is 5.97 Å². The average molecular weight is 489 g/mol. The molecule has 4 aromatic rings. The highest BCUT2D eigenvalue weighted by atomic mass is 16.5. The van der Waals surface area contributed by atoms with Crippen LogP contribution in [0.25, 0.3) is 16.9 Å². The number of nitrogens with one attached hydrogen (secondary N) is 2. The lowest BCUT2D eigenvalue weighted by atomic mass is 10.1. The van der Waals surface area contributed by atoms with Gasteiger partial charge in [-0.3, -0.25) is 14.4 Å². The van der Waals surface area contributed by atoms with Gasteiger partial charge in [-0.2, -0.15) is 5.10 Å². The molecule has 3 N–H and O–H groups in total. The first-order valence-corrected chi connectivity index (χ1v) is 10.8. The highest BCUT2D eigenvalue weighted by molar-refractivity contribution is 6.04. The van der Waals surface area contributed by atoms with Gasteiger partial charge in [0.15, 0.2) is 22.8 Å². The molecule has 0 saturated heterocycles. The lowest BCUT2D eigenvalue weighted by Gasteiger charge is -2.10. The van der Waals surface area contributed by atoms with Gasteiger partial charge in [-0.25, -0.2) is 9.50 Å². The van der Waals surface area contributed by atoms with Crippen molar-refractivity contribution in [2.24, 2.45) is 0 Å². The second-order valence-corrected chi connectivity index (χ2v) is 7.76. The number of carboxylic acid groups (broad SMARTS) is 1. The summed E-state index contributed by atoms with van der Waals surface area (Å²) in [7, 11) is 3.11. The van der Waals surface area contributed by atoms with Crippen molar-refractivity contribution < 1.29 is 29.0 Å². The molecule has 0 fully saturated rings. The summed E-state index contributed by atoms with van der Waals surface area (Å²) < 4.78 is 12.2. The number of carbonyl (C=O) groups is 3. The van der Waals surface area contributed by atoms with Crippen molar-refractivity contribution in [2.45, 2.75) is 13.0 Å². The van der Waals surface area contributed by atoms with Crippen LogP contribution in [0.1, 0.15) is 27.8 Å². The van der Waals surface area contributed by atoms with Crippen LogP contribution in [0.4, 0.5) is 5.69 Å². The fraction of sp³-hybridized carbons (Fsp3) is 0.160. The number of fused-ring (bicyclic) bond motifs is 1. The number of rotatable bonds is 8. The molecule has 2 aromatic carbocycles. The number of hydrogen-bond acceptors (Lipinski definition) is 7. The van der Waals surface area contributed by atoms with E-state index in [-0.39, 0.29) is 11.3 Å². The summed E-state index contributed by atoms with van der Waals surface area (Å²) in [5.74, 6) is -0.984. The highest BCUT2D eigenvalue weighted by Gasteiger charge is 2.17. The normalized spacial score (nSPS) is 11.5. The van der Waals surface area contributed by atoms with E-state index in [0.29, 0.717) is 28.5 Å². The summed E-state index contributed by atoms with van der Waals surface area (Å²) in [6.07, 6.45) is 1.62. The number of aliphatic carboxylic acids is 1. The van der Waals surface area contributed by atoms with Crippen molar-refractivity contribution in [1.29, 1.82) is 0 Å². The molecule has 0 unspecified atom stereocenters. The molecule has 0 aliphatic rings. The Labute approximate surface area is 205 Å². The van der Waals surface area contributed by atoms with E-state index in [1.807, 2.05) is 12.1 Å². The molecule has 184 valence electrons. The van der Waals surface area contributed by atoms with Gasteiger partial charge in [0.25, 0.3) is 11.8 Å². The molecular formula is C25H23N5O6. The Kier molecular flexibility index (Phi) is 6.81. The maximum atomic E-state index is 12.9. The number of benzene rings is 2. The minimum absolute atomic E-state index is 0.146. The van der Waals surface area contributed by atoms with Gasteiger partial charge in [0.1, 0.15) is 6.04 Å². The van der Waals surface area contributed by atoms with E-state index in [1.165, 1.54) is 19.1 Å². The molecule has 0 spiro atoms. The van der Waals surface area contributed by atoms with Crippen molar-refractivity contribution in [2.75, 3.05) is 19.5 Å². The second-order valence-electron chi connectivity index (χ2n) is 7.76. The van der Waals surface area contributed by atoms with Crippen molar-refractivity contribution >= 4 is 29.1 Å². The van der Waals surface area contributed by atoms with Gasteiger partial charge in [0, 0.05) is 29.1 Å². The van der Waals surface area contributed by atoms with Crippen molar-refractivity contribution in [3.8, 4) is 22.8 Å². The molecular weight excluding hydrogens is 466 g/mol. The maximum absolute atomic E-state index is 12.9. The number of methoxy groups -OCH3 is 2. The van der Waals surface area contributed by atoms with Gasteiger partial charge in [-0.15, -0.1) is 0 Å². The van der Waals surface area contributed by atoms with E-state index in [4.69, 9.17) is 14.6 Å². The third-order valence-corrected chi connectivity index (χ3v) is 5.39. The van der Waals surface area contributed by atoms with Gasteiger partial charge < -0.3 is 25.2 Å². The molecule has 4 rings (SSSR count). The molecule has 0 bridgehead atoms. The van der Waals surface area contributed by atoms with E-state index in [0.717, 1.165) is 5.56 Å². The minimum atomic E-state index is -1.14. The predicted molar refractivity (Wildman–Crippen MR) is 130 cm³/mol. The molecule has 2 heterocycles. The highest BCUT2D eigenvalue weighted by Crippen LogP contribution is 2.32. The van der Waals surface area contributed by atoms with Gasteiger partial charge in [0.2, 0.25) is 0 Å². The van der Waals surface area contributed by atoms with E-state index < -0.39 is 23.8 Å². The first-order chi connectivity index (χ1) is 17.3. The van der Waals surface area contributed by atoms with E-state index >= 15 is 0 Å². The minimum Gasteiger partial charge on any atom is -0.493 e. The maximum Gasteiger partial charge on any atom is 0.325 e. The van der Waals surface area contributed by atoms with Crippen LogP contribution < -0.4 is 20.1 Å². The van der Waals surface area contributed by atoms with Crippen molar-refractivity contribution in [3.63, 3.8) is 0 Å². The van der Waals surface area contributed by atoms with E-state index in [1.54, 1.807) is 55.3 Å². The largest absolute Gasteiger partial charge is 0.493 e. The fourth-order valence-electron chi connectivity index (χ4n) is 3.46. The Morgan fingerprint density at radius 2 is 1.67 bits per heavy atom. The zero-order valence-corrected chi connectivity index (χ0v) is 19.7. The Morgan fingerprint density at radius 3 is 2.33 bits per heavy atom. The zero-order valence-electron chi connectivity index (χ0n) is 19.7. The van der Waals surface area contributed by atoms with E-state index in [9.17, 15) is 14.4 Å². The Balaban J connectivity index is 1.54. The third kappa shape index (κ3) is 4.94. The standard InChI is InChI=1S/C25H23N5O6/c1-14(25(33)34)27-23(31)15-4-7-17(8-5-15)28-24(32)18-13-22-26-11-10-19(30(22)29-18)16-6-9-20(35-2)21(12-16)36-3/h4-14H,1-3H3,(H,27,31)(H,28,32)(H,33,34)/t14-/m0/s1. The molecule has 0 aliphatic heterocycles. The number of carboxylic acids is 1. The summed E-state index contributed by atoms with van der Waals surface area (Å²) >= 11 is 0. The van der Waals surface area contributed by atoms with Gasteiger partial charge in [-0.05, 0) is 55.5 Å². The fourth-order valence-corrected chi connectivity index (χ4v) is 3.46. The van der Waals surface area contributed by atoms with Crippen LogP contribution in [-0.4, -0.2) is 57.7 Å². The summed E-state index contributed by atoms with van der Waals surface area (Å²) in [6, 6.07) is 13.8. The van der Waals surface area contributed by atoms with Crippen LogP contribution in [0.3, 0.4) is 0 Å². The van der Waals surface area contributed by atoms with Gasteiger partial charge in [0.05, 0.1) is 19.9 Å².